The maximum absolute atomic E-state index is 12.1. The highest BCUT2D eigenvalue weighted by Crippen LogP contribution is 2.21. The Bertz CT molecular complexity index is 759. The van der Waals surface area contributed by atoms with Crippen LogP contribution in [0.1, 0.15) is 24.2 Å². The second-order valence-corrected chi connectivity index (χ2v) is 5.34. The first-order valence-corrected chi connectivity index (χ1v) is 8.12. The van der Waals surface area contributed by atoms with Gasteiger partial charge in [0.15, 0.2) is 6.10 Å². The highest BCUT2D eigenvalue weighted by Gasteiger charge is 2.20. The number of hydrogen-bond donors (Lipinski definition) is 2. The highest BCUT2D eigenvalue weighted by molar-refractivity contribution is 5.98. The molecule has 0 radical (unpaired) electrons. The minimum atomic E-state index is -1.11. The Morgan fingerprint density at radius 3 is 2.19 bits per heavy atom. The van der Waals surface area contributed by atoms with Crippen LogP contribution in [-0.4, -0.2) is 30.6 Å². The van der Waals surface area contributed by atoms with Crippen LogP contribution in [0.25, 0.3) is 0 Å². The number of carbonyl (C=O) groups is 3. The quantitative estimate of drug-likeness (QED) is 0.776. The Kier molecular flexibility index (Phi) is 6.73. The van der Waals surface area contributed by atoms with Gasteiger partial charge in [0, 0.05) is 6.54 Å². The molecule has 7 nitrogen and oxygen atoms in total. The zero-order valence-electron chi connectivity index (χ0n) is 14.5. The summed E-state index contributed by atoms with van der Waals surface area (Å²) in [6, 6.07) is 14.9. The number of urea groups is 1. The van der Waals surface area contributed by atoms with E-state index in [4.69, 9.17) is 9.47 Å². The van der Waals surface area contributed by atoms with Crippen LogP contribution in [-0.2, 0) is 9.53 Å². The first-order chi connectivity index (χ1) is 12.5. The fourth-order valence-corrected chi connectivity index (χ4v) is 1.98. The fraction of sp³-hybridized carbons (Fsp3) is 0.211. The number of amides is 3. The van der Waals surface area contributed by atoms with Gasteiger partial charge in [-0.05, 0) is 50.2 Å². The summed E-state index contributed by atoms with van der Waals surface area (Å²) in [5, 5.41) is 4.50. The van der Waals surface area contributed by atoms with Crippen molar-refractivity contribution in [2.45, 2.75) is 20.0 Å². The van der Waals surface area contributed by atoms with Crippen LogP contribution >= 0.6 is 0 Å². The molecule has 2 aromatic carbocycles. The molecule has 0 aliphatic carbocycles. The third-order valence-corrected chi connectivity index (χ3v) is 3.30. The summed E-state index contributed by atoms with van der Waals surface area (Å²) in [6.07, 6.45) is -1.11. The molecule has 2 aromatic rings. The van der Waals surface area contributed by atoms with E-state index in [2.05, 4.69) is 10.6 Å². The van der Waals surface area contributed by atoms with Crippen molar-refractivity contribution >= 4 is 17.9 Å². The fourth-order valence-electron chi connectivity index (χ4n) is 1.98. The Labute approximate surface area is 151 Å². The van der Waals surface area contributed by atoms with E-state index in [1.54, 1.807) is 19.1 Å². The van der Waals surface area contributed by atoms with E-state index >= 15 is 0 Å². The van der Waals surface area contributed by atoms with Gasteiger partial charge in [0.1, 0.15) is 11.5 Å². The second kappa shape index (κ2) is 9.22. The summed E-state index contributed by atoms with van der Waals surface area (Å²) in [5.41, 5.74) is 0.267. The van der Waals surface area contributed by atoms with E-state index in [0.29, 0.717) is 18.0 Å². The van der Waals surface area contributed by atoms with Gasteiger partial charge in [0.25, 0.3) is 5.91 Å². The Morgan fingerprint density at radius 1 is 0.962 bits per heavy atom. The zero-order valence-corrected chi connectivity index (χ0v) is 14.5. The predicted octanol–water partition coefficient (Wildman–Crippen LogP) is 2.87. The van der Waals surface area contributed by atoms with Crippen molar-refractivity contribution < 1.29 is 23.9 Å². The number of rotatable bonds is 6. The standard InChI is InChI=1S/C19H20N2O5/c1-3-20-19(24)21-17(22)13(2)25-18(23)14-9-11-16(12-10-14)26-15-7-5-4-6-8-15/h4-13H,3H2,1-2H3,(H2,20,21,22,24)/t13-/m1/s1. The first-order valence-electron chi connectivity index (χ1n) is 8.12. The lowest BCUT2D eigenvalue weighted by Crippen LogP contribution is -2.44. The first kappa shape index (κ1) is 19.0. The summed E-state index contributed by atoms with van der Waals surface area (Å²) in [4.78, 5) is 35.2. The maximum Gasteiger partial charge on any atom is 0.338 e. The minimum absolute atomic E-state index is 0.267. The molecule has 26 heavy (non-hydrogen) atoms. The molecule has 0 aliphatic heterocycles. The van der Waals surface area contributed by atoms with Crippen LogP contribution in [0, 0.1) is 0 Å². The minimum Gasteiger partial charge on any atom is -0.457 e. The number of benzene rings is 2. The molecule has 1 atom stereocenters. The average molecular weight is 356 g/mol. The lowest BCUT2D eigenvalue weighted by Gasteiger charge is -2.13. The van der Waals surface area contributed by atoms with Gasteiger partial charge in [0.05, 0.1) is 5.56 Å². The van der Waals surface area contributed by atoms with Crippen molar-refractivity contribution in [2.75, 3.05) is 6.54 Å². The van der Waals surface area contributed by atoms with E-state index in [0.717, 1.165) is 0 Å². The molecule has 2 N–H and O–H groups in total. The third kappa shape index (κ3) is 5.62. The normalized spacial score (nSPS) is 11.2. The van der Waals surface area contributed by atoms with Gasteiger partial charge in [-0.3, -0.25) is 10.1 Å². The maximum atomic E-state index is 12.1. The number of ether oxygens (including phenoxy) is 2. The number of carbonyl (C=O) groups excluding carboxylic acids is 3. The van der Waals surface area contributed by atoms with Crippen molar-refractivity contribution in [1.82, 2.24) is 10.6 Å². The van der Waals surface area contributed by atoms with Crippen LogP contribution < -0.4 is 15.4 Å². The van der Waals surface area contributed by atoms with Crippen molar-refractivity contribution in [3.05, 3.63) is 60.2 Å². The SMILES string of the molecule is CCNC(=O)NC(=O)[C@@H](C)OC(=O)c1ccc(Oc2ccccc2)cc1. The van der Waals surface area contributed by atoms with Crippen molar-refractivity contribution in [3.63, 3.8) is 0 Å². The predicted molar refractivity (Wildman–Crippen MR) is 95.1 cm³/mol. The Balaban J connectivity index is 1.91. The molecule has 136 valence electrons. The smallest absolute Gasteiger partial charge is 0.338 e. The van der Waals surface area contributed by atoms with Gasteiger partial charge in [-0.1, -0.05) is 18.2 Å². The van der Waals surface area contributed by atoms with Gasteiger partial charge < -0.3 is 14.8 Å². The van der Waals surface area contributed by atoms with Crippen LogP contribution in [0.5, 0.6) is 11.5 Å². The van der Waals surface area contributed by atoms with Crippen LogP contribution in [0.15, 0.2) is 54.6 Å². The van der Waals surface area contributed by atoms with Crippen molar-refractivity contribution in [1.29, 1.82) is 0 Å². The van der Waals surface area contributed by atoms with Crippen LogP contribution in [0.3, 0.4) is 0 Å². The van der Waals surface area contributed by atoms with Gasteiger partial charge in [-0.15, -0.1) is 0 Å². The number of para-hydroxylation sites is 1. The third-order valence-electron chi connectivity index (χ3n) is 3.30. The summed E-state index contributed by atoms with van der Waals surface area (Å²) in [6.45, 7) is 3.49. The molecule has 7 heteroatoms. The molecule has 0 heterocycles. The van der Waals surface area contributed by atoms with Crippen LogP contribution in [0.4, 0.5) is 4.79 Å². The van der Waals surface area contributed by atoms with E-state index in [-0.39, 0.29) is 5.56 Å². The van der Waals surface area contributed by atoms with E-state index in [1.165, 1.54) is 19.1 Å². The summed E-state index contributed by atoms with van der Waals surface area (Å²) in [5.74, 6) is -0.128. The molecule has 0 saturated heterocycles. The monoisotopic (exact) mass is 356 g/mol. The lowest BCUT2D eigenvalue weighted by molar-refractivity contribution is -0.127. The lowest BCUT2D eigenvalue weighted by atomic mass is 10.2. The Hall–Kier alpha value is -3.35. The molecule has 0 fully saturated rings. The number of imide groups is 1. The molecule has 0 spiro atoms. The van der Waals surface area contributed by atoms with Crippen molar-refractivity contribution in [2.24, 2.45) is 0 Å². The second-order valence-electron chi connectivity index (χ2n) is 5.34. The average Bonchev–Trinajstić information content (AvgIpc) is 2.63. The molecule has 0 saturated carbocycles. The highest BCUT2D eigenvalue weighted by atomic mass is 16.5. The van der Waals surface area contributed by atoms with E-state index < -0.39 is 24.0 Å². The van der Waals surface area contributed by atoms with Crippen molar-refractivity contribution in [3.8, 4) is 11.5 Å². The topological polar surface area (TPSA) is 93.7 Å². The number of nitrogens with one attached hydrogen (secondary N) is 2. The molecule has 0 bridgehead atoms. The van der Waals surface area contributed by atoms with E-state index in [1.807, 2.05) is 30.3 Å². The molecular weight excluding hydrogens is 336 g/mol. The molecule has 0 aliphatic rings. The van der Waals surface area contributed by atoms with Gasteiger partial charge >= 0.3 is 12.0 Å². The van der Waals surface area contributed by atoms with Gasteiger partial charge in [-0.25, -0.2) is 9.59 Å². The number of esters is 1. The Morgan fingerprint density at radius 2 is 1.58 bits per heavy atom. The molecule has 3 amide bonds. The van der Waals surface area contributed by atoms with Gasteiger partial charge in [0.2, 0.25) is 0 Å². The number of hydrogen-bond acceptors (Lipinski definition) is 5. The summed E-state index contributed by atoms with van der Waals surface area (Å²) >= 11 is 0. The summed E-state index contributed by atoms with van der Waals surface area (Å²) in [7, 11) is 0. The largest absolute Gasteiger partial charge is 0.457 e. The van der Waals surface area contributed by atoms with Crippen LogP contribution in [0.2, 0.25) is 0 Å². The summed E-state index contributed by atoms with van der Waals surface area (Å²) < 4.78 is 10.7. The zero-order chi connectivity index (χ0) is 18.9. The van der Waals surface area contributed by atoms with E-state index in [9.17, 15) is 14.4 Å². The molecule has 0 aromatic heterocycles. The molecular formula is C19H20N2O5. The molecule has 2 rings (SSSR count). The molecule has 0 unspecified atom stereocenters. The van der Waals surface area contributed by atoms with Gasteiger partial charge in [-0.2, -0.15) is 0 Å².